The molecule has 1 aliphatic heterocycles. The second kappa shape index (κ2) is 6.38. The topological polar surface area (TPSA) is 6.48 Å². The third-order valence-electron chi connectivity index (χ3n) is 4.25. The molecule has 0 aliphatic carbocycles. The number of nitrogens with zero attached hydrogens (tertiary/aromatic N) is 2. The fraction of sp³-hybridized carbons (Fsp3) is 0.625. The monoisotopic (exact) mass is 264 g/mol. The van der Waals surface area contributed by atoms with E-state index in [0.717, 1.165) is 50.3 Å². The predicted octanol–water partition coefficient (Wildman–Crippen LogP) is 3.31. The quantitative estimate of drug-likeness (QED) is 0.805. The van der Waals surface area contributed by atoms with Crippen LogP contribution in [0.5, 0.6) is 0 Å². The largest absolute Gasteiger partial charge is 0.368 e. The summed E-state index contributed by atoms with van der Waals surface area (Å²) in [5.74, 6) is -0.0699. The van der Waals surface area contributed by atoms with Crippen molar-refractivity contribution in [2.75, 3.05) is 31.1 Å². The normalized spacial score (nSPS) is 19.4. The molecule has 0 amide bonds. The molecule has 0 radical (unpaired) electrons. The van der Waals surface area contributed by atoms with Gasteiger partial charge in [0.25, 0.3) is 0 Å². The zero-order valence-corrected chi connectivity index (χ0v) is 12.3. The maximum absolute atomic E-state index is 14.1. The number of rotatable bonds is 5. The fourth-order valence-corrected chi connectivity index (χ4v) is 3.03. The molecule has 1 unspecified atom stereocenters. The third-order valence-corrected chi connectivity index (χ3v) is 4.25. The first-order valence-corrected chi connectivity index (χ1v) is 7.47. The molecule has 1 heterocycles. The van der Waals surface area contributed by atoms with Crippen LogP contribution in [0.15, 0.2) is 18.2 Å². The van der Waals surface area contributed by atoms with Gasteiger partial charge in [0.05, 0.1) is 5.69 Å². The van der Waals surface area contributed by atoms with E-state index >= 15 is 0 Å². The maximum Gasteiger partial charge on any atom is 0.146 e. The van der Waals surface area contributed by atoms with Crippen molar-refractivity contribution < 1.29 is 4.39 Å². The Hall–Kier alpha value is -1.09. The lowest BCUT2D eigenvalue weighted by Crippen LogP contribution is -2.37. The van der Waals surface area contributed by atoms with Gasteiger partial charge in [-0.3, -0.25) is 4.90 Å². The molecule has 1 atom stereocenters. The van der Waals surface area contributed by atoms with Crippen molar-refractivity contribution in [1.29, 1.82) is 0 Å². The molecule has 1 aromatic rings. The highest BCUT2D eigenvalue weighted by Gasteiger charge is 2.27. The van der Waals surface area contributed by atoms with E-state index in [1.807, 2.05) is 12.1 Å². The van der Waals surface area contributed by atoms with E-state index < -0.39 is 0 Å². The highest BCUT2D eigenvalue weighted by Crippen LogP contribution is 2.26. The molecule has 2 nitrogen and oxygen atoms in total. The third kappa shape index (κ3) is 3.08. The van der Waals surface area contributed by atoms with Gasteiger partial charge in [-0.25, -0.2) is 4.39 Å². The number of anilines is 1. The van der Waals surface area contributed by atoms with Gasteiger partial charge in [-0.05, 0) is 43.6 Å². The SMILES string of the molecule is CCc1ccc(N2CCC(N(CC)CC)C2)c(F)c1. The highest BCUT2D eigenvalue weighted by molar-refractivity contribution is 5.50. The van der Waals surface area contributed by atoms with Crippen molar-refractivity contribution in [3.8, 4) is 0 Å². The molecule has 2 rings (SSSR count). The van der Waals surface area contributed by atoms with Crippen LogP contribution in [-0.2, 0) is 6.42 Å². The van der Waals surface area contributed by atoms with Crippen LogP contribution in [0.2, 0.25) is 0 Å². The highest BCUT2D eigenvalue weighted by atomic mass is 19.1. The van der Waals surface area contributed by atoms with Crippen LogP contribution in [0.1, 0.15) is 32.8 Å². The van der Waals surface area contributed by atoms with E-state index in [1.54, 1.807) is 6.07 Å². The standard InChI is InChI=1S/C16H25FN2/c1-4-13-7-8-16(15(17)11-13)19-10-9-14(12-19)18(5-2)6-3/h7-8,11,14H,4-6,9-10,12H2,1-3H3. The summed E-state index contributed by atoms with van der Waals surface area (Å²) in [7, 11) is 0. The summed E-state index contributed by atoms with van der Waals surface area (Å²) in [4.78, 5) is 4.66. The van der Waals surface area contributed by atoms with Gasteiger partial charge in [0, 0.05) is 19.1 Å². The first-order valence-electron chi connectivity index (χ1n) is 7.47. The van der Waals surface area contributed by atoms with Crippen LogP contribution in [0.4, 0.5) is 10.1 Å². The summed E-state index contributed by atoms with van der Waals surface area (Å²) in [5, 5.41) is 0. The Balaban J connectivity index is 2.08. The lowest BCUT2D eigenvalue weighted by atomic mass is 10.1. The molecule has 0 N–H and O–H groups in total. The van der Waals surface area contributed by atoms with E-state index in [-0.39, 0.29) is 5.82 Å². The molecule has 106 valence electrons. The van der Waals surface area contributed by atoms with Gasteiger partial charge in [0.2, 0.25) is 0 Å². The van der Waals surface area contributed by atoms with Gasteiger partial charge in [-0.1, -0.05) is 26.8 Å². The van der Waals surface area contributed by atoms with Gasteiger partial charge in [-0.15, -0.1) is 0 Å². The van der Waals surface area contributed by atoms with E-state index in [1.165, 1.54) is 0 Å². The van der Waals surface area contributed by atoms with E-state index in [0.29, 0.717) is 6.04 Å². The van der Waals surface area contributed by atoms with Crippen molar-refractivity contribution in [3.63, 3.8) is 0 Å². The summed E-state index contributed by atoms with van der Waals surface area (Å²) >= 11 is 0. The average Bonchev–Trinajstić information content (AvgIpc) is 2.89. The number of aryl methyl sites for hydroxylation is 1. The number of hydrogen-bond acceptors (Lipinski definition) is 2. The molecule has 0 spiro atoms. The number of benzene rings is 1. The molecule has 1 fully saturated rings. The summed E-state index contributed by atoms with van der Waals surface area (Å²) in [5.41, 5.74) is 1.84. The summed E-state index contributed by atoms with van der Waals surface area (Å²) < 4.78 is 14.1. The summed E-state index contributed by atoms with van der Waals surface area (Å²) in [6, 6.07) is 6.24. The number of hydrogen-bond donors (Lipinski definition) is 0. The minimum absolute atomic E-state index is 0.0699. The summed E-state index contributed by atoms with van der Waals surface area (Å²) in [6.07, 6.45) is 2.02. The van der Waals surface area contributed by atoms with Crippen LogP contribution >= 0.6 is 0 Å². The molecular weight excluding hydrogens is 239 g/mol. The second-order valence-corrected chi connectivity index (χ2v) is 5.25. The Morgan fingerprint density at radius 2 is 2.00 bits per heavy atom. The van der Waals surface area contributed by atoms with Crippen molar-refractivity contribution in [1.82, 2.24) is 4.90 Å². The predicted molar refractivity (Wildman–Crippen MR) is 79.3 cm³/mol. The number of halogens is 1. The van der Waals surface area contributed by atoms with Crippen molar-refractivity contribution in [2.24, 2.45) is 0 Å². The molecule has 0 bridgehead atoms. The van der Waals surface area contributed by atoms with Gasteiger partial charge < -0.3 is 4.90 Å². The lowest BCUT2D eigenvalue weighted by molar-refractivity contribution is 0.232. The molecule has 3 heteroatoms. The first kappa shape index (κ1) is 14.3. The van der Waals surface area contributed by atoms with E-state index in [9.17, 15) is 4.39 Å². The Labute approximate surface area is 116 Å². The molecule has 1 saturated heterocycles. The molecule has 0 aromatic heterocycles. The Bertz CT molecular complexity index is 415. The van der Waals surface area contributed by atoms with E-state index in [2.05, 4.69) is 30.6 Å². The Morgan fingerprint density at radius 1 is 1.26 bits per heavy atom. The lowest BCUT2D eigenvalue weighted by Gasteiger charge is -2.26. The summed E-state index contributed by atoms with van der Waals surface area (Å²) in [6.45, 7) is 10.5. The van der Waals surface area contributed by atoms with Crippen LogP contribution in [0.25, 0.3) is 0 Å². The van der Waals surface area contributed by atoms with Crippen LogP contribution in [0.3, 0.4) is 0 Å². The molecule has 0 saturated carbocycles. The van der Waals surface area contributed by atoms with E-state index in [4.69, 9.17) is 0 Å². The van der Waals surface area contributed by atoms with Gasteiger partial charge in [0.15, 0.2) is 0 Å². The maximum atomic E-state index is 14.1. The van der Waals surface area contributed by atoms with Gasteiger partial charge >= 0.3 is 0 Å². The van der Waals surface area contributed by atoms with Crippen LogP contribution in [-0.4, -0.2) is 37.1 Å². The van der Waals surface area contributed by atoms with Crippen LogP contribution < -0.4 is 4.90 Å². The minimum Gasteiger partial charge on any atom is -0.368 e. The van der Waals surface area contributed by atoms with Crippen molar-refractivity contribution in [3.05, 3.63) is 29.6 Å². The average molecular weight is 264 g/mol. The first-order chi connectivity index (χ1) is 9.19. The molecule has 19 heavy (non-hydrogen) atoms. The molecule has 1 aromatic carbocycles. The zero-order chi connectivity index (χ0) is 13.8. The Morgan fingerprint density at radius 3 is 2.58 bits per heavy atom. The van der Waals surface area contributed by atoms with Crippen molar-refractivity contribution >= 4 is 5.69 Å². The second-order valence-electron chi connectivity index (χ2n) is 5.25. The molecular formula is C16H25FN2. The smallest absolute Gasteiger partial charge is 0.146 e. The van der Waals surface area contributed by atoms with Gasteiger partial charge in [0.1, 0.15) is 5.82 Å². The van der Waals surface area contributed by atoms with Crippen molar-refractivity contribution in [2.45, 2.75) is 39.7 Å². The zero-order valence-electron chi connectivity index (χ0n) is 12.3. The van der Waals surface area contributed by atoms with Crippen LogP contribution in [0, 0.1) is 5.82 Å². The minimum atomic E-state index is -0.0699. The van der Waals surface area contributed by atoms with Gasteiger partial charge in [-0.2, -0.15) is 0 Å². The molecule has 1 aliphatic rings. The fourth-order valence-electron chi connectivity index (χ4n) is 3.03. The number of likely N-dealkylation sites (N-methyl/N-ethyl adjacent to an activating group) is 1. The Kier molecular flexibility index (Phi) is 4.81.